The van der Waals surface area contributed by atoms with Gasteiger partial charge in [-0.3, -0.25) is 0 Å². The summed E-state index contributed by atoms with van der Waals surface area (Å²) in [5.41, 5.74) is 7.72. The highest BCUT2D eigenvalue weighted by Gasteiger charge is 2.42. The minimum Gasteiger partial charge on any atom is -0.373 e. The van der Waals surface area contributed by atoms with Crippen LogP contribution in [-0.4, -0.2) is 12.2 Å². The molecule has 1 heterocycles. The number of hydrogen-bond acceptors (Lipinski definition) is 3. The van der Waals surface area contributed by atoms with Gasteiger partial charge >= 0.3 is 0 Å². The molecule has 1 aliphatic rings. The lowest BCUT2D eigenvalue weighted by Gasteiger charge is -2.44. The largest absolute Gasteiger partial charge is 0.373 e. The Morgan fingerprint density at radius 2 is 2.39 bits per heavy atom. The topological polar surface area (TPSA) is 35.2 Å². The van der Waals surface area contributed by atoms with Gasteiger partial charge in [-0.05, 0) is 49.6 Å². The van der Waals surface area contributed by atoms with E-state index in [0.717, 1.165) is 25.4 Å². The van der Waals surface area contributed by atoms with E-state index in [4.69, 9.17) is 10.5 Å². The highest BCUT2D eigenvalue weighted by molar-refractivity contribution is 7.10. The van der Waals surface area contributed by atoms with Crippen molar-refractivity contribution in [2.75, 3.05) is 6.61 Å². The van der Waals surface area contributed by atoms with Crippen LogP contribution in [0.2, 0.25) is 0 Å². The Morgan fingerprint density at radius 3 is 2.94 bits per heavy atom. The van der Waals surface area contributed by atoms with Crippen molar-refractivity contribution in [2.45, 2.75) is 58.1 Å². The van der Waals surface area contributed by atoms with Crippen LogP contribution in [-0.2, 0) is 4.74 Å². The second-order valence-electron chi connectivity index (χ2n) is 5.61. The maximum absolute atomic E-state index is 6.58. The van der Waals surface area contributed by atoms with Crippen LogP contribution < -0.4 is 5.73 Å². The fourth-order valence-corrected chi connectivity index (χ4v) is 4.09. The lowest BCUT2D eigenvalue weighted by atomic mass is 9.73. The summed E-state index contributed by atoms with van der Waals surface area (Å²) in [7, 11) is 0. The van der Waals surface area contributed by atoms with Crippen molar-refractivity contribution in [1.82, 2.24) is 0 Å². The number of ether oxygens (including phenoxy) is 1. The molecule has 1 aliphatic carbocycles. The van der Waals surface area contributed by atoms with E-state index in [1.807, 2.05) is 0 Å². The van der Waals surface area contributed by atoms with Gasteiger partial charge in [-0.2, -0.15) is 0 Å². The second kappa shape index (κ2) is 5.72. The number of rotatable bonds is 4. The van der Waals surface area contributed by atoms with Gasteiger partial charge in [0.15, 0.2) is 0 Å². The van der Waals surface area contributed by atoms with E-state index in [9.17, 15) is 0 Å². The van der Waals surface area contributed by atoms with E-state index in [0.29, 0.717) is 0 Å². The molecule has 0 spiro atoms. The summed E-state index contributed by atoms with van der Waals surface area (Å²) < 4.78 is 6.16. The third-order valence-electron chi connectivity index (χ3n) is 4.22. The lowest BCUT2D eigenvalue weighted by molar-refractivity contribution is -0.0938. The molecule has 3 atom stereocenters. The smallest absolute Gasteiger partial charge is 0.0876 e. The van der Waals surface area contributed by atoms with Crippen molar-refractivity contribution in [3.8, 4) is 0 Å². The van der Waals surface area contributed by atoms with E-state index in [2.05, 4.69) is 32.2 Å². The van der Waals surface area contributed by atoms with Gasteiger partial charge in [0.2, 0.25) is 0 Å². The van der Waals surface area contributed by atoms with Crippen LogP contribution in [0.25, 0.3) is 0 Å². The Bertz CT molecular complexity index is 386. The lowest BCUT2D eigenvalue weighted by Crippen LogP contribution is -2.47. The number of thiophene rings is 1. The molecule has 2 N–H and O–H groups in total. The fourth-order valence-electron chi connectivity index (χ4n) is 3.34. The first-order valence-electron chi connectivity index (χ1n) is 7.02. The third-order valence-corrected chi connectivity index (χ3v) is 5.08. The normalized spacial score (nSPS) is 30.3. The van der Waals surface area contributed by atoms with Crippen molar-refractivity contribution in [1.29, 1.82) is 0 Å². The van der Waals surface area contributed by atoms with Gasteiger partial charge in [-0.15, -0.1) is 11.3 Å². The van der Waals surface area contributed by atoms with Crippen molar-refractivity contribution in [2.24, 2.45) is 11.7 Å². The summed E-state index contributed by atoms with van der Waals surface area (Å²) in [5.74, 6) is 0.718. The number of hydrogen-bond donors (Lipinski definition) is 1. The maximum Gasteiger partial charge on any atom is 0.0876 e. The van der Waals surface area contributed by atoms with Gasteiger partial charge in [-0.25, -0.2) is 0 Å². The van der Waals surface area contributed by atoms with Gasteiger partial charge in [0.1, 0.15) is 0 Å². The summed E-state index contributed by atoms with van der Waals surface area (Å²) in [4.78, 5) is 1.33. The fraction of sp³-hybridized carbons (Fsp3) is 0.733. The molecule has 1 saturated carbocycles. The van der Waals surface area contributed by atoms with Crippen LogP contribution in [0.5, 0.6) is 0 Å². The monoisotopic (exact) mass is 267 g/mol. The molecule has 18 heavy (non-hydrogen) atoms. The quantitative estimate of drug-likeness (QED) is 0.893. The van der Waals surface area contributed by atoms with Gasteiger partial charge < -0.3 is 10.5 Å². The maximum atomic E-state index is 6.58. The molecule has 0 radical (unpaired) electrons. The molecule has 0 aromatic carbocycles. The van der Waals surface area contributed by atoms with E-state index in [1.165, 1.54) is 23.3 Å². The van der Waals surface area contributed by atoms with Crippen molar-refractivity contribution in [3.05, 3.63) is 21.9 Å². The van der Waals surface area contributed by atoms with Crippen LogP contribution >= 0.6 is 11.3 Å². The molecule has 1 aromatic rings. The molecule has 2 rings (SSSR count). The van der Waals surface area contributed by atoms with Crippen LogP contribution in [0.3, 0.4) is 0 Å². The van der Waals surface area contributed by atoms with Gasteiger partial charge in [0.05, 0.1) is 11.6 Å². The van der Waals surface area contributed by atoms with Gasteiger partial charge in [-0.1, -0.05) is 19.8 Å². The number of nitrogens with two attached hydrogens (primary N) is 1. The Kier molecular flexibility index (Phi) is 4.46. The molecular weight excluding hydrogens is 242 g/mol. The average Bonchev–Trinajstić information content (AvgIpc) is 2.75. The molecule has 0 aliphatic heterocycles. The zero-order valence-corrected chi connectivity index (χ0v) is 12.6. The minimum atomic E-state index is -0.141. The molecule has 3 heteroatoms. The van der Waals surface area contributed by atoms with E-state index in [1.54, 1.807) is 11.3 Å². The third kappa shape index (κ3) is 2.63. The summed E-state index contributed by atoms with van der Waals surface area (Å²) in [6.07, 6.45) is 4.74. The first kappa shape index (κ1) is 14.0. The van der Waals surface area contributed by atoms with Crippen LogP contribution in [0, 0.1) is 12.8 Å². The minimum absolute atomic E-state index is 0.0199. The molecule has 2 nitrogen and oxygen atoms in total. The van der Waals surface area contributed by atoms with E-state index < -0.39 is 0 Å². The molecule has 0 amide bonds. The van der Waals surface area contributed by atoms with Crippen molar-refractivity contribution >= 4 is 11.3 Å². The Morgan fingerprint density at radius 1 is 1.61 bits per heavy atom. The van der Waals surface area contributed by atoms with E-state index in [-0.39, 0.29) is 11.6 Å². The van der Waals surface area contributed by atoms with Gasteiger partial charge in [0.25, 0.3) is 0 Å². The first-order valence-corrected chi connectivity index (χ1v) is 7.90. The Labute approximate surface area is 115 Å². The molecule has 1 fully saturated rings. The van der Waals surface area contributed by atoms with Crippen LogP contribution in [0.15, 0.2) is 11.4 Å². The van der Waals surface area contributed by atoms with Gasteiger partial charge in [0, 0.05) is 11.5 Å². The zero-order valence-electron chi connectivity index (χ0n) is 11.7. The highest BCUT2D eigenvalue weighted by Crippen LogP contribution is 2.43. The van der Waals surface area contributed by atoms with Crippen molar-refractivity contribution < 1.29 is 4.74 Å². The molecule has 3 unspecified atom stereocenters. The summed E-state index contributed by atoms with van der Waals surface area (Å²) in [6.45, 7) is 7.31. The summed E-state index contributed by atoms with van der Waals surface area (Å²) in [6, 6.07) is 2.19. The number of aryl methyl sites for hydroxylation is 1. The molecule has 1 aromatic heterocycles. The summed E-state index contributed by atoms with van der Waals surface area (Å²) >= 11 is 1.78. The Hall–Kier alpha value is -0.380. The first-order chi connectivity index (χ1) is 8.59. The molecule has 102 valence electrons. The molecule has 0 saturated heterocycles. The van der Waals surface area contributed by atoms with Crippen LogP contribution in [0.1, 0.15) is 56.0 Å². The van der Waals surface area contributed by atoms with Crippen molar-refractivity contribution in [3.63, 3.8) is 0 Å². The van der Waals surface area contributed by atoms with Crippen LogP contribution in [0.4, 0.5) is 0 Å². The van der Waals surface area contributed by atoms with E-state index >= 15 is 0 Å². The standard InChI is InChI=1S/C15H25NOS/c1-4-17-15(8-5-6-11(2)10-15)14(16)13-7-9-18-12(13)3/h7,9,11,14H,4-6,8,10,16H2,1-3H3. The average molecular weight is 267 g/mol. The predicted molar refractivity (Wildman–Crippen MR) is 78.0 cm³/mol. The SMILES string of the molecule is CCOC1(C(N)c2ccsc2C)CCCC(C)C1. The predicted octanol–water partition coefficient (Wildman–Crippen LogP) is 4.04. The highest BCUT2D eigenvalue weighted by atomic mass is 32.1. The molecular formula is C15H25NOS. The summed E-state index contributed by atoms with van der Waals surface area (Å²) in [5, 5.41) is 2.14. The zero-order chi connectivity index (χ0) is 13.2. The molecule has 0 bridgehead atoms. The second-order valence-corrected chi connectivity index (χ2v) is 6.73. The Balaban J connectivity index is 2.26.